The molecule has 0 bridgehead atoms. The maximum absolute atomic E-state index is 11.1. The van der Waals surface area contributed by atoms with Crippen LogP contribution in [0.3, 0.4) is 0 Å². The second-order valence-electron chi connectivity index (χ2n) is 6.82. The lowest BCUT2D eigenvalue weighted by Gasteiger charge is -2.21. The number of rotatable bonds is 5. The molecule has 0 spiro atoms. The molecule has 3 aromatic rings. The van der Waals surface area contributed by atoms with Crippen LogP contribution in [0, 0.1) is 0 Å². The van der Waals surface area contributed by atoms with Crippen LogP contribution in [0.2, 0.25) is 5.02 Å². The fourth-order valence-electron chi connectivity index (χ4n) is 3.30. The van der Waals surface area contributed by atoms with E-state index in [4.69, 9.17) is 16.3 Å². The molecule has 12 heteroatoms. The van der Waals surface area contributed by atoms with E-state index in [-0.39, 0.29) is 11.7 Å². The van der Waals surface area contributed by atoms with Gasteiger partial charge in [0, 0.05) is 11.9 Å². The lowest BCUT2D eigenvalue weighted by atomic mass is 9.99. The number of aromatic nitrogens is 4. The highest BCUT2D eigenvalue weighted by atomic mass is 35.5. The van der Waals surface area contributed by atoms with Gasteiger partial charge < -0.3 is 20.1 Å². The zero-order valence-electron chi connectivity index (χ0n) is 15.7. The molecule has 3 heterocycles. The number of halogens is 1. The van der Waals surface area contributed by atoms with Gasteiger partial charge in [0.25, 0.3) is 0 Å². The predicted octanol–water partition coefficient (Wildman–Crippen LogP) is 0.295. The number of benzene rings is 1. The maximum atomic E-state index is 11.1. The Kier molecular flexibility index (Phi) is 5.54. The van der Waals surface area contributed by atoms with Crippen molar-refractivity contribution in [2.45, 2.75) is 37.6 Å². The number of hydrazine groups is 1. The highest BCUT2D eigenvalue weighted by Crippen LogP contribution is 2.37. The van der Waals surface area contributed by atoms with E-state index in [2.05, 4.69) is 25.8 Å². The molecule has 1 aliphatic rings. The van der Waals surface area contributed by atoms with Gasteiger partial charge >= 0.3 is 0 Å². The summed E-state index contributed by atoms with van der Waals surface area (Å²) in [5.41, 5.74) is 6.14. The Bertz CT molecular complexity index is 1060. The third kappa shape index (κ3) is 3.68. The molecule has 5 N–H and O–H groups in total. The molecule has 1 amide bonds. The van der Waals surface area contributed by atoms with Gasteiger partial charge in [-0.05, 0) is 17.7 Å². The first-order valence-corrected chi connectivity index (χ1v) is 9.40. The zero-order valence-corrected chi connectivity index (χ0v) is 16.4. The zero-order chi connectivity index (χ0) is 21.4. The Balaban J connectivity index is 1.61. The van der Waals surface area contributed by atoms with Crippen molar-refractivity contribution >= 4 is 34.5 Å². The first kappa shape index (κ1) is 20.4. The monoisotopic (exact) mass is 434 g/mol. The molecule has 1 aromatic carbocycles. The van der Waals surface area contributed by atoms with Crippen LogP contribution in [0.25, 0.3) is 11.2 Å². The summed E-state index contributed by atoms with van der Waals surface area (Å²) >= 11 is 5.87. The van der Waals surface area contributed by atoms with Gasteiger partial charge in [-0.25, -0.2) is 15.0 Å². The largest absolute Gasteiger partial charge is 0.387 e. The van der Waals surface area contributed by atoms with Gasteiger partial charge in [-0.2, -0.15) is 0 Å². The fraction of sp³-hybridized carbons (Fsp3) is 0.333. The highest BCUT2D eigenvalue weighted by Gasteiger charge is 2.47. The number of amides is 1. The first-order chi connectivity index (χ1) is 14.4. The molecule has 11 nitrogen and oxygen atoms in total. The number of carbonyl (C=O) groups is 1. The molecule has 2 aromatic heterocycles. The standard InChI is InChI=1S/C18H19ClN6O5/c1-8(26)23-24-16-11-17(21-6-20-16)25(7-22-11)18-14(29)13(28)15(30-18)12(27)9-2-4-10(19)5-3-9/h2-7,12-15,18,27-29H,1H3,(H,23,26)(H,20,21,24)/t12?,13-,14+,15+,18+/m0/s1. The molecule has 158 valence electrons. The Labute approximate surface area is 175 Å². The molecular formula is C18H19ClN6O5. The van der Waals surface area contributed by atoms with E-state index in [9.17, 15) is 20.1 Å². The van der Waals surface area contributed by atoms with Crippen molar-refractivity contribution in [1.29, 1.82) is 0 Å². The summed E-state index contributed by atoms with van der Waals surface area (Å²) in [6.07, 6.45) is -3.44. The van der Waals surface area contributed by atoms with Crippen LogP contribution >= 0.6 is 11.6 Å². The third-order valence-electron chi connectivity index (χ3n) is 4.79. The van der Waals surface area contributed by atoms with Crippen LogP contribution < -0.4 is 10.9 Å². The molecule has 1 fully saturated rings. The van der Waals surface area contributed by atoms with E-state index in [1.54, 1.807) is 24.3 Å². The second kappa shape index (κ2) is 8.13. The van der Waals surface area contributed by atoms with E-state index in [1.807, 2.05) is 0 Å². The van der Waals surface area contributed by atoms with E-state index < -0.39 is 30.6 Å². The van der Waals surface area contributed by atoms with Gasteiger partial charge in [-0.3, -0.25) is 20.2 Å². The minimum Gasteiger partial charge on any atom is -0.387 e. The van der Waals surface area contributed by atoms with E-state index in [0.717, 1.165) is 0 Å². The average Bonchev–Trinajstić information content (AvgIpc) is 3.28. The lowest BCUT2D eigenvalue weighted by Crippen LogP contribution is -2.34. The summed E-state index contributed by atoms with van der Waals surface area (Å²) in [6.45, 7) is 1.33. The van der Waals surface area contributed by atoms with Crippen molar-refractivity contribution in [1.82, 2.24) is 24.9 Å². The molecule has 4 rings (SSSR count). The maximum Gasteiger partial charge on any atom is 0.235 e. The number of aliphatic hydroxyl groups is 3. The smallest absolute Gasteiger partial charge is 0.235 e. The van der Waals surface area contributed by atoms with E-state index in [0.29, 0.717) is 21.7 Å². The van der Waals surface area contributed by atoms with Crippen LogP contribution in [0.4, 0.5) is 5.82 Å². The highest BCUT2D eigenvalue weighted by molar-refractivity contribution is 6.30. The summed E-state index contributed by atoms with van der Waals surface area (Å²) in [6, 6.07) is 6.45. The second-order valence-corrected chi connectivity index (χ2v) is 7.26. The van der Waals surface area contributed by atoms with Gasteiger partial charge in [-0.15, -0.1) is 0 Å². The summed E-state index contributed by atoms with van der Waals surface area (Å²) in [4.78, 5) is 23.5. The SMILES string of the molecule is CC(=O)NNc1ncnc2c1ncn2[C@@H]1O[C@H](C(O)c2ccc(Cl)cc2)[C@@H](O)[C@H]1O. The van der Waals surface area contributed by atoms with Crippen molar-refractivity contribution in [3.05, 3.63) is 47.5 Å². The number of nitrogens with zero attached hydrogens (tertiary/aromatic N) is 4. The van der Waals surface area contributed by atoms with Crippen molar-refractivity contribution in [3.8, 4) is 0 Å². The first-order valence-electron chi connectivity index (χ1n) is 9.02. The van der Waals surface area contributed by atoms with Crippen molar-refractivity contribution < 1.29 is 24.9 Å². The molecule has 1 unspecified atom stereocenters. The van der Waals surface area contributed by atoms with Gasteiger partial charge in [-0.1, -0.05) is 23.7 Å². The van der Waals surface area contributed by atoms with Crippen LogP contribution in [-0.4, -0.2) is 59.1 Å². The minimum atomic E-state index is -1.36. The number of fused-ring (bicyclic) bond motifs is 1. The molecule has 1 aliphatic heterocycles. The van der Waals surface area contributed by atoms with E-state index in [1.165, 1.54) is 24.1 Å². The molecular weight excluding hydrogens is 416 g/mol. The molecule has 0 aliphatic carbocycles. The topological polar surface area (TPSA) is 155 Å². The van der Waals surface area contributed by atoms with Gasteiger partial charge in [0.1, 0.15) is 30.7 Å². The summed E-state index contributed by atoms with van der Waals surface area (Å²) in [7, 11) is 0. The number of hydrogen-bond acceptors (Lipinski definition) is 9. The number of nitrogens with one attached hydrogen (secondary N) is 2. The predicted molar refractivity (Wildman–Crippen MR) is 105 cm³/mol. The summed E-state index contributed by atoms with van der Waals surface area (Å²) in [5.74, 6) is -0.0716. The van der Waals surface area contributed by atoms with Crippen LogP contribution in [0.15, 0.2) is 36.9 Å². The van der Waals surface area contributed by atoms with Crippen molar-refractivity contribution in [2.75, 3.05) is 5.43 Å². The molecule has 30 heavy (non-hydrogen) atoms. The van der Waals surface area contributed by atoms with Crippen molar-refractivity contribution in [2.24, 2.45) is 0 Å². The number of aliphatic hydroxyl groups excluding tert-OH is 3. The Morgan fingerprint density at radius 2 is 1.93 bits per heavy atom. The van der Waals surface area contributed by atoms with Crippen LogP contribution in [0.5, 0.6) is 0 Å². The summed E-state index contributed by atoms with van der Waals surface area (Å²) in [5, 5.41) is 32.2. The van der Waals surface area contributed by atoms with Crippen LogP contribution in [-0.2, 0) is 9.53 Å². The van der Waals surface area contributed by atoms with Gasteiger partial charge in [0.2, 0.25) is 5.91 Å². The minimum absolute atomic E-state index is 0.250. The molecule has 0 saturated carbocycles. The number of ether oxygens (including phenoxy) is 1. The molecule has 5 atom stereocenters. The van der Waals surface area contributed by atoms with Gasteiger partial charge in [0.05, 0.1) is 6.33 Å². The third-order valence-corrected chi connectivity index (χ3v) is 5.04. The fourth-order valence-corrected chi connectivity index (χ4v) is 3.43. The number of hydrogen-bond donors (Lipinski definition) is 5. The Hall–Kier alpha value is -2.83. The Morgan fingerprint density at radius 3 is 2.63 bits per heavy atom. The van der Waals surface area contributed by atoms with Crippen molar-refractivity contribution in [3.63, 3.8) is 0 Å². The number of imidazole rings is 1. The number of carbonyl (C=O) groups excluding carboxylic acids is 1. The Morgan fingerprint density at radius 1 is 1.20 bits per heavy atom. The molecule has 1 saturated heterocycles. The molecule has 0 radical (unpaired) electrons. The van der Waals surface area contributed by atoms with Gasteiger partial charge in [0.15, 0.2) is 23.2 Å². The normalized spacial score (nSPS) is 24.7. The quantitative estimate of drug-likeness (QED) is 0.356. The van der Waals surface area contributed by atoms with Crippen LogP contribution in [0.1, 0.15) is 24.8 Å². The number of anilines is 1. The summed E-state index contributed by atoms with van der Waals surface area (Å²) < 4.78 is 7.24. The van der Waals surface area contributed by atoms with E-state index >= 15 is 0 Å². The average molecular weight is 435 g/mol. The lowest BCUT2D eigenvalue weighted by molar-refractivity contribution is -0.118.